The molecule has 0 aromatic carbocycles. The quantitative estimate of drug-likeness (QED) is 0.404. The first-order chi connectivity index (χ1) is 6.13. The molecule has 2 aromatic rings. The molecule has 2 rings (SSSR count). The molecule has 0 bridgehead atoms. The number of aryl methyl sites for hydroxylation is 1. The van der Waals surface area contributed by atoms with Crippen LogP contribution in [0.3, 0.4) is 0 Å². The normalized spacial score (nSPS) is 10.1. The summed E-state index contributed by atoms with van der Waals surface area (Å²) in [6, 6.07) is 0. The Morgan fingerprint density at radius 3 is 2.57 bits per heavy atom. The van der Waals surface area contributed by atoms with Gasteiger partial charge >= 0.3 is 29.6 Å². The van der Waals surface area contributed by atoms with Crippen molar-refractivity contribution in [2.45, 2.75) is 0 Å². The Morgan fingerprint density at radius 1 is 1.29 bits per heavy atom. The summed E-state index contributed by atoms with van der Waals surface area (Å²) in [5.74, 6) is 0. The second-order valence-electron chi connectivity index (χ2n) is 2.75. The minimum Gasteiger partial charge on any atom is -0.366 e. The van der Waals surface area contributed by atoms with E-state index >= 15 is 0 Å². The van der Waals surface area contributed by atoms with Crippen LogP contribution in [0.15, 0.2) is 15.9 Å². The molecule has 0 radical (unpaired) electrons. The standard InChI is InChI=1S/C7H8N4O2.Na/c1-10-5-4(8-3-9-5)6(12)11(2)7(10)13;/h3H,1-2H3,(H,8,9,12);/q;+1/p-1. The Kier molecular flexibility index (Phi) is 2.98. The predicted molar refractivity (Wildman–Crippen MR) is 45.5 cm³/mol. The van der Waals surface area contributed by atoms with Gasteiger partial charge in [0.25, 0.3) is 11.2 Å². The number of hydrogen-bond acceptors (Lipinski definition) is 3. The fourth-order valence-corrected chi connectivity index (χ4v) is 1.22. The van der Waals surface area contributed by atoms with E-state index in [0.717, 1.165) is 4.57 Å². The van der Waals surface area contributed by atoms with Crippen molar-refractivity contribution in [1.82, 2.24) is 19.1 Å². The predicted octanol–water partition coefficient (Wildman–Crippen LogP) is -4.41. The van der Waals surface area contributed by atoms with E-state index in [4.69, 9.17) is 0 Å². The summed E-state index contributed by atoms with van der Waals surface area (Å²) in [5, 5.41) is 0. The average molecular weight is 202 g/mol. The van der Waals surface area contributed by atoms with E-state index in [2.05, 4.69) is 9.97 Å². The third-order valence-corrected chi connectivity index (χ3v) is 1.98. The molecule has 0 amide bonds. The number of nitrogens with zero attached hydrogens (tertiary/aromatic N) is 4. The van der Waals surface area contributed by atoms with Gasteiger partial charge in [0.05, 0.1) is 5.52 Å². The van der Waals surface area contributed by atoms with Crippen molar-refractivity contribution in [2.24, 2.45) is 14.1 Å². The average Bonchev–Trinajstić information content (AvgIpc) is 2.59. The van der Waals surface area contributed by atoms with Crippen LogP contribution in [-0.2, 0) is 14.1 Å². The maximum absolute atomic E-state index is 11.4. The maximum Gasteiger partial charge on any atom is 1.00 e. The van der Waals surface area contributed by atoms with E-state index < -0.39 is 11.2 Å². The van der Waals surface area contributed by atoms with Crippen LogP contribution in [0.2, 0.25) is 0 Å². The summed E-state index contributed by atoms with van der Waals surface area (Å²) in [6.07, 6.45) is 1.27. The van der Waals surface area contributed by atoms with Gasteiger partial charge in [0.2, 0.25) is 0 Å². The van der Waals surface area contributed by atoms with Gasteiger partial charge in [0.1, 0.15) is 0 Å². The van der Waals surface area contributed by atoms with Crippen molar-refractivity contribution < 1.29 is 29.6 Å². The largest absolute Gasteiger partial charge is 1.00 e. The van der Waals surface area contributed by atoms with Crippen molar-refractivity contribution in [2.75, 3.05) is 0 Å². The molecule has 2 aromatic heterocycles. The molecule has 0 atom stereocenters. The van der Waals surface area contributed by atoms with Crippen LogP contribution in [0.4, 0.5) is 0 Å². The molecule has 6 nitrogen and oxygen atoms in total. The summed E-state index contributed by atoms with van der Waals surface area (Å²) in [6.45, 7) is 0. The zero-order valence-corrected chi connectivity index (χ0v) is 10.2. The second kappa shape index (κ2) is 3.72. The van der Waals surface area contributed by atoms with E-state index in [1.807, 2.05) is 0 Å². The van der Waals surface area contributed by atoms with Crippen molar-refractivity contribution >= 4 is 11.2 Å². The topological polar surface area (TPSA) is 71.0 Å². The van der Waals surface area contributed by atoms with Crippen LogP contribution in [-0.4, -0.2) is 14.1 Å². The molecular formula is C7H7N4NaO2. The molecule has 0 aliphatic rings. The molecule has 0 saturated carbocycles. The Bertz CT molecular complexity index is 579. The molecule has 0 N–H and O–H groups in total. The summed E-state index contributed by atoms with van der Waals surface area (Å²) < 4.78 is 2.31. The summed E-state index contributed by atoms with van der Waals surface area (Å²) in [7, 11) is 2.97. The van der Waals surface area contributed by atoms with Gasteiger partial charge in [-0.25, -0.2) is 0 Å². The number of hydrogen-bond donors (Lipinski definition) is 0. The van der Waals surface area contributed by atoms with Crippen LogP contribution < -0.4 is 45.8 Å². The van der Waals surface area contributed by atoms with Crippen molar-refractivity contribution in [3.8, 4) is 0 Å². The molecular weight excluding hydrogens is 195 g/mol. The Balaban J connectivity index is 0.000000980. The molecule has 0 aliphatic carbocycles. The molecule has 0 spiro atoms. The first-order valence-electron chi connectivity index (χ1n) is 3.66. The Morgan fingerprint density at radius 2 is 1.93 bits per heavy atom. The van der Waals surface area contributed by atoms with Gasteiger partial charge in [-0.1, -0.05) is 0 Å². The Labute approximate surface area is 101 Å². The van der Waals surface area contributed by atoms with Crippen LogP contribution in [0, 0.1) is 0 Å². The molecule has 0 fully saturated rings. The molecule has 0 aliphatic heterocycles. The number of rotatable bonds is 0. The monoisotopic (exact) mass is 202 g/mol. The van der Waals surface area contributed by atoms with Gasteiger partial charge < -0.3 is 14.5 Å². The van der Waals surface area contributed by atoms with Crippen molar-refractivity contribution in [1.29, 1.82) is 0 Å². The van der Waals surface area contributed by atoms with Gasteiger partial charge in [-0.2, -0.15) is 0 Å². The number of imidazole rings is 1. The minimum atomic E-state index is -0.407. The number of fused-ring (bicyclic) bond motifs is 1. The van der Waals surface area contributed by atoms with Crippen molar-refractivity contribution in [3.05, 3.63) is 27.2 Å². The first kappa shape index (κ1) is 11.2. The van der Waals surface area contributed by atoms with Crippen LogP contribution >= 0.6 is 0 Å². The summed E-state index contributed by atoms with van der Waals surface area (Å²) in [5.41, 5.74) is -0.244. The zero-order valence-electron chi connectivity index (χ0n) is 8.18. The van der Waals surface area contributed by atoms with Gasteiger partial charge in [-0.3, -0.25) is 14.2 Å². The first-order valence-corrected chi connectivity index (χ1v) is 3.66. The molecule has 0 unspecified atom stereocenters. The molecule has 0 saturated heterocycles. The van der Waals surface area contributed by atoms with Gasteiger partial charge in [0.15, 0.2) is 0 Å². The van der Waals surface area contributed by atoms with E-state index in [1.165, 1.54) is 17.9 Å². The third kappa shape index (κ3) is 1.35. The zero-order chi connectivity index (χ0) is 9.59. The fourth-order valence-electron chi connectivity index (χ4n) is 1.22. The Hall–Kier alpha value is -0.850. The van der Waals surface area contributed by atoms with Crippen molar-refractivity contribution in [3.63, 3.8) is 0 Å². The van der Waals surface area contributed by atoms with Gasteiger partial charge in [0, 0.05) is 12.7 Å². The summed E-state index contributed by atoms with van der Waals surface area (Å²) >= 11 is 0. The SMILES string of the molecule is Cn1c(=O)c2nc[n-]c2n(C)c1=O.[Na+]. The molecule has 2 heterocycles. The smallest absolute Gasteiger partial charge is 0.366 e. The minimum absolute atomic E-state index is 0. The van der Waals surface area contributed by atoms with E-state index in [9.17, 15) is 9.59 Å². The van der Waals surface area contributed by atoms with Crippen LogP contribution in [0.1, 0.15) is 0 Å². The number of aromatic nitrogens is 4. The van der Waals surface area contributed by atoms with Crippen LogP contribution in [0.25, 0.3) is 11.2 Å². The second-order valence-corrected chi connectivity index (χ2v) is 2.75. The molecule has 14 heavy (non-hydrogen) atoms. The van der Waals surface area contributed by atoms with Gasteiger partial charge in [-0.05, 0) is 13.4 Å². The fraction of sp³-hybridized carbons (Fsp3) is 0.286. The summed E-state index contributed by atoms with van der Waals surface area (Å²) in [4.78, 5) is 30.4. The van der Waals surface area contributed by atoms with Crippen LogP contribution in [0.5, 0.6) is 0 Å². The van der Waals surface area contributed by atoms with E-state index in [1.54, 1.807) is 7.05 Å². The third-order valence-electron chi connectivity index (χ3n) is 1.98. The van der Waals surface area contributed by atoms with E-state index in [-0.39, 0.29) is 35.1 Å². The van der Waals surface area contributed by atoms with Gasteiger partial charge in [-0.15, -0.1) is 0 Å². The van der Waals surface area contributed by atoms with E-state index in [0.29, 0.717) is 5.65 Å². The molecule has 7 heteroatoms. The molecule has 68 valence electrons. The maximum atomic E-state index is 11.4.